The molecule has 0 aliphatic carbocycles. The average Bonchev–Trinajstić information content (AvgIpc) is 3.07. The van der Waals surface area contributed by atoms with Gasteiger partial charge in [0.1, 0.15) is 0 Å². The number of benzene rings is 8. The lowest BCUT2D eigenvalue weighted by molar-refractivity contribution is 1.62. The first-order valence-electron chi connectivity index (χ1n) is 14.5. The molecule has 0 heterocycles. The minimum Gasteiger partial charge on any atom is -0.0616 e. The Morgan fingerprint density at radius 2 is 0.762 bits per heavy atom. The van der Waals surface area contributed by atoms with Crippen molar-refractivity contribution in [3.8, 4) is 22.3 Å². The summed E-state index contributed by atoms with van der Waals surface area (Å²) in [6.07, 6.45) is 4.42. The Balaban J connectivity index is 1.13. The zero-order chi connectivity index (χ0) is 27.9. The molecule has 0 aromatic heterocycles. The van der Waals surface area contributed by atoms with Crippen molar-refractivity contribution in [1.29, 1.82) is 0 Å². The SMILES string of the molecule is C(=Cc1cccc(-c2cc3ccccc3c3ccccc23)c1)c1ccc(-c2cc3ccccc3c3ccccc23)cc1. The van der Waals surface area contributed by atoms with Gasteiger partial charge in [-0.1, -0.05) is 152 Å². The Morgan fingerprint density at radius 3 is 1.36 bits per heavy atom. The van der Waals surface area contributed by atoms with E-state index in [1.165, 1.54) is 76.5 Å². The molecule has 8 rings (SSSR count). The van der Waals surface area contributed by atoms with Crippen molar-refractivity contribution < 1.29 is 0 Å². The summed E-state index contributed by atoms with van der Waals surface area (Å²) in [5.74, 6) is 0. The van der Waals surface area contributed by atoms with Crippen molar-refractivity contribution in [2.24, 2.45) is 0 Å². The largest absolute Gasteiger partial charge is 0.0616 e. The highest BCUT2D eigenvalue weighted by Crippen LogP contribution is 2.36. The van der Waals surface area contributed by atoms with Gasteiger partial charge in [0.05, 0.1) is 0 Å². The average molecular weight is 533 g/mol. The van der Waals surface area contributed by atoms with Crippen LogP contribution in [0.15, 0.2) is 158 Å². The van der Waals surface area contributed by atoms with Crippen LogP contribution in [0.5, 0.6) is 0 Å². The molecular formula is C42H28. The Bertz CT molecular complexity index is 2280. The zero-order valence-corrected chi connectivity index (χ0v) is 23.2. The summed E-state index contributed by atoms with van der Waals surface area (Å²) in [5.41, 5.74) is 7.39. The van der Waals surface area contributed by atoms with Crippen LogP contribution < -0.4 is 0 Å². The quantitative estimate of drug-likeness (QED) is 0.156. The van der Waals surface area contributed by atoms with Crippen molar-refractivity contribution in [3.63, 3.8) is 0 Å². The van der Waals surface area contributed by atoms with Crippen molar-refractivity contribution in [2.45, 2.75) is 0 Å². The van der Waals surface area contributed by atoms with E-state index < -0.39 is 0 Å². The molecule has 8 aromatic rings. The van der Waals surface area contributed by atoms with Gasteiger partial charge in [0.15, 0.2) is 0 Å². The van der Waals surface area contributed by atoms with Gasteiger partial charge in [0.25, 0.3) is 0 Å². The van der Waals surface area contributed by atoms with Crippen molar-refractivity contribution in [3.05, 3.63) is 169 Å². The third-order valence-electron chi connectivity index (χ3n) is 8.42. The maximum absolute atomic E-state index is 2.33. The number of fused-ring (bicyclic) bond motifs is 6. The topological polar surface area (TPSA) is 0 Å². The van der Waals surface area contributed by atoms with Crippen LogP contribution in [0.3, 0.4) is 0 Å². The van der Waals surface area contributed by atoms with Gasteiger partial charge in [0, 0.05) is 0 Å². The molecule has 0 radical (unpaired) electrons. The highest BCUT2D eigenvalue weighted by atomic mass is 14.1. The summed E-state index contributed by atoms with van der Waals surface area (Å²) in [5, 5.41) is 10.3. The van der Waals surface area contributed by atoms with E-state index in [1.807, 2.05) is 0 Å². The van der Waals surface area contributed by atoms with Gasteiger partial charge in [-0.3, -0.25) is 0 Å². The van der Waals surface area contributed by atoms with E-state index in [1.54, 1.807) is 0 Å². The molecule has 8 aromatic carbocycles. The monoisotopic (exact) mass is 532 g/mol. The van der Waals surface area contributed by atoms with E-state index in [9.17, 15) is 0 Å². The van der Waals surface area contributed by atoms with Crippen LogP contribution in [0.2, 0.25) is 0 Å². The van der Waals surface area contributed by atoms with Crippen LogP contribution in [-0.4, -0.2) is 0 Å². The first kappa shape index (κ1) is 24.3. The van der Waals surface area contributed by atoms with Crippen LogP contribution >= 0.6 is 0 Å². The first-order chi connectivity index (χ1) is 20.8. The van der Waals surface area contributed by atoms with Gasteiger partial charge in [-0.05, 0) is 94.7 Å². The fraction of sp³-hybridized carbons (Fsp3) is 0. The van der Waals surface area contributed by atoms with Gasteiger partial charge in [-0.2, -0.15) is 0 Å². The minimum atomic E-state index is 1.19. The molecule has 0 saturated heterocycles. The second kappa shape index (κ2) is 10.2. The molecule has 0 spiro atoms. The molecule has 0 aliphatic heterocycles. The van der Waals surface area contributed by atoms with Gasteiger partial charge >= 0.3 is 0 Å². The van der Waals surface area contributed by atoms with E-state index in [2.05, 4.69) is 170 Å². The van der Waals surface area contributed by atoms with Crippen LogP contribution in [0.1, 0.15) is 11.1 Å². The minimum absolute atomic E-state index is 1.19. The lowest BCUT2D eigenvalue weighted by Crippen LogP contribution is -1.85. The molecule has 196 valence electrons. The normalized spacial score (nSPS) is 11.7. The fourth-order valence-corrected chi connectivity index (χ4v) is 6.36. The highest BCUT2D eigenvalue weighted by molar-refractivity contribution is 6.14. The third-order valence-corrected chi connectivity index (χ3v) is 8.42. The third kappa shape index (κ3) is 4.26. The van der Waals surface area contributed by atoms with Crippen LogP contribution in [0, 0.1) is 0 Å². The maximum atomic E-state index is 2.33. The van der Waals surface area contributed by atoms with E-state index >= 15 is 0 Å². The Morgan fingerprint density at radius 1 is 0.286 bits per heavy atom. The van der Waals surface area contributed by atoms with Gasteiger partial charge in [-0.25, -0.2) is 0 Å². The number of hydrogen-bond donors (Lipinski definition) is 0. The lowest BCUT2D eigenvalue weighted by Gasteiger charge is -2.12. The summed E-state index contributed by atoms with van der Waals surface area (Å²) in [4.78, 5) is 0. The van der Waals surface area contributed by atoms with Crippen LogP contribution in [0.25, 0.3) is 77.5 Å². The molecule has 0 heteroatoms. The standard InChI is InChI=1S/C42H28/c1-3-14-35-33(11-1)27-41(39-18-7-5-16-37(35)39)31-24-22-29(23-25-31)20-21-30-10-9-13-32(26-30)42-28-34-12-2-4-15-36(34)38-17-6-8-19-40(38)42/h1-28H. The molecule has 0 bridgehead atoms. The Hall–Kier alpha value is -5.46. The molecule has 0 nitrogen and oxygen atoms in total. The first-order valence-corrected chi connectivity index (χ1v) is 14.5. The summed E-state index contributed by atoms with van der Waals surface area (Å²) in [6, 6.07) is 57.2. The molecule has 0 amide bonds. The molecule has 0 aliphatic rings. The number of hydrogen-bond acceptors (Lipinski definition) is 0. The van der Waals surface area contributed by atoms with Crippen molar-refractivity contribution >= 4 is 55.2 Å². The zero-order valence-electron chi connectivity index (χ0n) is 23.2. The molecule has 42 heavy (non-hydrogen) atoms. The molecule has 0 N–H and O–H groups in total. The molecule has 0 fully saturated rings. The maximum Gasteiger partial charge on any atom is -0.00988 e. The van der Waals surface area contributed by atoms with Gasteiger partial charge in [0.2, 0.25) is 0 Å². The van der Waals surface area contributed by atoms with E-state index in [0.717, 1.165) is 0 Å². The fourth-order valence-electron chi connectivity index (χ4n) is 6.36. The van der Waals surface area contributed by atoms with Gasteiger partial charge < -0.3 is 0 Å². The summed E-state index contributed by atoms with van der Waals surface area (Å²) in [7, 11) is 0. The predicted octanol–water partition coefficient (Wildman–Crippen LogP) is 11.8. The van der Waals surface area contributed by atoms with E-state index in [4.69, 9.17) is 0 Å². The molecular weight excluding hydrogens is 504 g/mol. The smallest absolute Gasteiger partial charge is 0.00988 e. The molecule has 0 saturated carbocycles. The van der Waals surface area contributed by atoms with Crippen LogP contribution in [0.4, 0.5) is 0 Å². The second-order valence-corrected chi connectivity index (χ2v) is 11.0. The van der Waals surface area contributed by atoms with Gasteiger partial charge in [-0.15, -0.1) is 0 Å². The predicted molar refractivity (Wildman–Crippen MR) is 183 cm³/mol. The number of rotatable bonds is 4. The van der Waals surface area contributed by atoms with E-state index in [0.29, 0.717) is 0 Å². The van der Waals surface area contributed by atoms with Crippen molar-refractivity contribution in [2.75, 3.05) is 0 Å². The second-order valence-electron chi connectivity index (χ2n) is 11.0. The molecule has 0 unspecified atom stereocenters. The Labute approximate surface area is 245 Å². The Kier molecular flexibility index (Phi) is 5.90. The van der Waals surface area contributed by atoms with Crippen LogP contribution in [-0.2, 0) is 0 Å². The summed E-state index contributed by atoms with van der Waals surface area (Å²) in [6.45, 7) is 0. The summed E-state index contributed by atoms with van der Waals surface area (Å²) >= 11 is 0. The van der Waals surface area contributed by atoms with E-state index in [-0.39, 0.29) is 0 Å². The molecule has 0 atom stereocenters. The lowest BCUT2D eigenvalue weighted by atomic mass is 9.92. The highest BCUT2D eigenvalue weighted by Gasteiger charge is 2.10. The van der Waals surface area contributed by atoms with Crippen molar-refractivity contribution in [1.82, 2.24) is 0 Å². The summed E-state index contributed by atoms with van der Waals surface area (Å²) < 4.78 is 0.